The van der Waals surface area contributed by atoms with E-state index in [2.05, 4.69) is 30.3 Å². The zero-order chi connectivity index (χ0) is 13.2. The molecule has 1 rings (SSSR count). The predicted octanol–water partition coefficient (Wildman–Crippen LogP) is 3.10. The van der Waals surface area contributed by atoms with Crippen LogP contribution in [0.3, 0.4) is 0 Å². The summed E-state index contributed by atoms with van der Waals surface area (Å²) in [4.78, 5) is 0. The van der Waals surface area contributed by atoms with Gasteiger partial charge in [0.2, 0.25) is 0 Å². The largest absolute Gasteiger partial charge is 0.497 e. The molecule has 0 radical (unpaired) electrons. The fourth-order valence-electron chi connectivity index (χ4n) is 1.77. The van der Waals surface area contributed by atoms with Crippen LogP contribution in [0.15, 0.2) is 24.3 Å². The second-order valence-electron chi connectivity index (χ2n) is 3.94. The molecule has 0 heterocycles. The summed E-state index contributed by atoms with van der Waals surface area (Å²) >= 11 is 1.79. The molecule has 0 aliphatic heterocycles. The topological polar surface area (TPSA) is 21.3 Å². The molecule has 0 bridgehead atoms. The Labute approximate surface area is 115 Å². The van der Waals surface area contributed by atoms with E-state index >= 15 is 0 Å². The van der Waals surface area contributed by atoms with E-state index in [1.807, 2.05) is 12.1 Å². The number of hydrogen-bond acceptors (Lipinski definition) is 3. The first kappa shape index (κ1) is 14.9. The first-order valence-corrected chi connectivity index (χ1v) is 7.35. The molecular weight excluding hydrogens is 242 g/mol. The van der Waals surface area contributed by atoms with Crippen LogP contribution in [-0.4, -0.2) is 25.2 Å². The Kier molecular flexibility index (Phi) is 7.40. The highest BCUT2D eigenvalue weighted by Gasteiger charge is 2.07. The van der Waals surface area contributed by atoms with Crippen molar-refractivity contribution in [3.63, 3.8) is 0 Å². The van der Waals surface area contributed by atoms with Crippen molar-refractivity contribution in [1.82, 2.24) is 5.32 Å². The van der Waals surface area contributed by atoms with Crippen molar-refractivity contribution in [3.05, 3.63) is 29.8 Å². The molecule has 0 aliphatic carbocycles. The number of rotatable bonds is 8. The van der Waals surface area contributed by atoms with Crippen molar-refractivity contribution < 1.29 is 4.74 Å². The summed E-state index contributed by atoms with van der Waals surface area (Å²) in [6.07, 6.45) is 6.29. The Morgan fingerprint density at radius 2 is 2.11 bits per heavy atom. The Morgan fingerprint density at radius 3 is 2.67 bits per heavy atom. The van der Waals surface area contributed by atoms with Gasteiger partial charge < -0.3 is 10.1 Å². The summed E-state index contributed by atoms with van der Waals surface area (Å²) in [5.74, 6) is 5.38. The standard InChI is InChI=1S/C15H21NOS/c1-4-11-18-12-10-16-15(5-2)13-6-8-14(17-3)9-7-13/h1,6-9,15-16H,5,10-12H2,2-3H3. The lowest BCUT2D eigenvalue weighted by Gasteiger charge is -2.17. The third-order valence-corrected chi connectivity index (χ3v) is 3.61. The molecule has 1 N–H and O–H groups in total. The van der Waals surface area contributed by atoms with Gasteiger partial charge >= 0.3 is 0 Å². The van der Waals surface area contributed by atoms with Gasteiger partial charge in [0, 0.05) is 18.3 Å². The van der Waals surface area contributed by atoms with Crippen molar-refractivity contribution in [1.29, 1.82) is 0 Å². The van der Waals surface area contributed by atoms with E-state index in [1.54, 1.807) is 18.9 Å². The number of methoxy groups -OCH3 is 1. The minimum atomic E-state index is 0.405. The third-order valence-electron chi connectivity index (χ3n) is 2.75. The van der Waals surface area contributed by atoms with Gasteiger partial charge in [-0.25, -0.2) is 0 Å². The van der Waals surface area contributed by atoms with Crippen molar-refractivity contribution in [3.8, 4) is 18.1 Å². The van der Waals surface area contributed by atoms with E-state index in [9.17, 15) is 0 Å². The van der Waals surface area contributed by atoms with E-state index in [4.69, 9.17) is 11.2 Å². The first-order chi connectivity index (χ1) is 8.81. The van der Waals surface area contributed by atoms with Crippen LogP contribution in [0.2, 0.25) is 0 Å². The molecule has 1 unspecified atom stereocenters. The van der Waals surface area contributed by atoms with Gasteiger partial charge in [0.1, 0.15) is 5.75 Å². The van der Waals surface area contributed by atoms with Gasteiger partial charge in [-0.15, -0.1) is 18.2 Å². The number of terminal acetylenes is 1. The molecule has 18 heavy (non-hydrogen) atoms. The van der Waals surface area contributed by atoms with E-state index < -0.39 is 0 Å². The molecule has 98 valence electrons. The molecule has 3 heteroatoms. The van der Waals surface area contributed by atoms with Crippen LogP contribution in [0.5, 0.6) is 5.75 Å². The van der Waals surface area contributed by atoms with Crippen molar-refractivity contribution in [2.75, 3.05) is 25.2 Å². The van der Waals surface area contributed by atoms with Crippen molar-refractivity contribution in [2.24, 2.45) is 0 Å². The van der Waals surface area contributed by atoms with Gasteiger partial charge in [-0.2, -0.15) is 0 Å². The van der Waals surface area contributed by atoms with E-state index in [1.165, 1.54) is 5.56 Å². The van der Waals surface area contributed by atoms with Crippen LogP contribution < -0.4 is 10.1 Å². The van der Waals surface area contributed by atoms with Crippen LogP contribution >= 0.6 is 11.8 Å². The average molecular weight is 263 g/mol. The molecule has 0 saturated carbocycles. The Bertz CT molecular complexity index is 369. The van der Waals surface area contributed by atoms with Gasteiger partial charge in [-0.05, 0) is 24.1 Å². The first-order valence-electron chi connectivity index (χ1n) is 6.20. The second kappa shape index (κ2) is 8.91. The molecule has 1 atom stereocenters. The van der Waals surface area contributed by atoms with Crippen molar-refractivity contribution in [2.45, 2.75) is 19.4 Å². The lowest BCUT2D eigenvalue weighted by atomic mass is 10.0. The van der Waals surface area contributed by atoms with E-state index in [0.717, 1.165) is 30.2 Å². The Hall–Kier alpha value is -1.11. The van der Waals surface area contributed by atoms with E-state index in [0.29, 0.717) is 6.04 Å². The van der Waals surface area contributed by atoms with Gasteiger partial charge in [0.15, 0.2) is 0 Å². The van der Waals surface area contributed by atoms with Crippen molar-refractivity contribution >= 4 is 11.8 Å². The number of hydrogen-bond donors (Lipinski definition) is 1. The third kappa shape index (κ3) is 5.03. The fraction of sp³-hybridized carbons (Fsp3) is 0.467. The Morgan fingerprint density at radius 1 is 1.39 bits per heavy atom. The molecule has 0 aliphatic rings. The lowest BCUT2D eigenvalue weighted by molar-refractivity contribution is 0.414. The molecule has 0 fully saturated rings. The molecule has 1 aromatic rings. The second-order valence-corrected chi connectivity index (χ2v) is 5.05. The molecular formula is C15H21NOS. The molecule has 0 aromatic heterocycles. The number of benzene rings is 1. The smallest absolute Gasteiger partial charge is 0.118 e. The van der Waals surface area contributed by atoms with Gasteiger partial charge in [0.25, 0.3) is 0 Å². The zero-order valence-electron chi connectivity index (χ0n) is 11.1. The number of ether oxygens (including phenoxy) is 1. The number of nitrogens with one attached hydrogen (secondary N) is 1. The summed E-state index contributed by atoms with van der Waals surface area (Å²) in [5.41, 5.74) is 1.31. The predicted molar refractivity (Wildman–Crippen MR) is 80.2 cm³/mol. The van der Waals surface area contributed by atoms with Gasteiger partial charge in [-0.3, -0.25) is 0 Å². The van der Waals surface area contributed by atoms with Crippen LogP contribution in [0.25, 0.3) is 0 Å². The fourth-order valence-corrected chi connectivity index (χ4v) is 2.29. The highest BCUT2D eigenvalue weighted by atomic mass is 32.2. The molecule has 0 amide bonds. The SMILES string of the molecule is C#CCSCCNC(CC)c1ccc(OC)cc1. The van der Waals surface area contributed by atoms with Crippen LogP contribution in [0, 0.1) is 12.3 Å². The zero-order valence-corrected chi connectivity index (χ0v) is 11.9. The highest BCUT2D eigenvalue weighted by Crippen LogP contribution is 2.19. The Balaban J connectivity index is 2.42. The maximum Gasteiger partial charge on any atom is 0.118 e. The van der Waals surface area contributed by atoms with E-state index in [-0.39, 0.29) is 0 Å². The summed E-state index contributed by atoms with van der Waals surface area (Å²) in [5, 5.41) is 3.55. The van der Waals surface area contributed by atoms with Crippen LogP contribution in [0.4, 0.5) is 0 Å². The molecule has 2 nitrogen and oxygen atoms in total. The minimum Gasteiger partial charge on any atom is -0.497 e. The molecule has 0 spiro atoms. The summed E-state index contributed by atoms with van der Waals surface area (Å²) < 4.78 is 5.17. The molecule has 1 aromatic carbocycles. The minimum absolute atomic E-state index is 0.405. The maximum atomic E-state index is 5.21. The lowest BCUT2D eigenvalue weighted by Crippen LogP contribution is -2.23. The maximum absolute atomic E-state index is 5.21. The summed E-state index contributed by atoms with van der Waals surface area (Å²) in [6, 6.07) is 8.66. The quantitative estimate of drug-likeness (QED) is 0.575. The highest BCUT2D eigenvalue weighted by molar-refractivity contribution is 7.99. The van der Waals surface area contributed by atoms with Crippen LogP contribution in [-0.2, 0) is 0 Å². The van der Waals surface area contributed by atoms with Gasteiger partial charge in [0.05, 0.1) is 12.9 Å². The summed E-state index contributed by atoms with van der Waals surface area (Å²) in [7, 11) is 1.69. The number of thioether (sulfide) groups is 1. The monoisotopic (exact) mass is 263 g/mol. The van der Waals surface area contributed by atoms with Gasteiger partial charge in [-0.1, -0.05) is 25.0 Å². The van der Waals surface area contributed by atoms with Crippen LogP contribution in [0.1, 0.15) is 24.9 Å². The molecule has 0 saturated heterocycles. The summed E-state index contributed by atoms with van der Waals surface area (Å²) in [6.45, 7) is 3.17. The normalized spacial score (nSPS) is 11.8. The average Bonchev–Trinajstić information content (AvgIpc) is 2.43.